The molecular weight excluding hydrogens is 317 g/mol. The van der Waals surface area contributed by atoms with Crippen LogP contribution in [-0.2, 0) is 0 Å². The summed E-state index contributed by atoms with van der Waals surface area (Å²) in [6, 6.07) is 13.0. The first-order valence-corrected chi connectivity index (χ1v) is 8.37. The van der Waals surface area contributed by atoms with Gasteiger partial charge in [-0.25, -0.2) is 4.39 Å². The molecule has 1 aromatic heterocycles. The lowest BCUT2D eigenvalue weighted by Gasteiger charge is -2.35. The smallest absolute Gasteiger partial charge is 0.147 e. The van der Waals surface area contributed by atoms with Gasteiger partial charge in [-0.15, -0.1) is 0 Å². The molecule has 4 rings (SSSR count). The number of hydrogen-bond acceptors (Lipinski definition) is 4. The molecule has 0 bridgehead atoms. The van der Waals surface area contributed by atoms with Crippen LogP contribution in [0.3, 0.4) is 0 Å². The number of anilines is 2. The number of nitriles is 1. The van der Waals surface area contributed by atoms with Crippen LogP contribution in [0.2, 0.25) is 0 Å². The summed E-state index contributed by atoms with van der Waals surface area (Å²) in [5, 5.41) is 20.5. The van der Waals surface area contributed by atoms with Crippen molar-refractivity contribution < 1.29 is 4.39 Å². The highest BCUT2D eigenvalue weighted by Crippen LogP contribution is 2.26. The van der Waals surface area contributed by atoms with E-state index < -0.39 is 0 Å². The van der Waals surface area contributed by atoms with Crippen molar-refractivity contribution in [1.29, 1.82) is 5.26 Å². The lowest BCUT2D eigenvalue weighted by atomic mass is 10.0. The van der Waals surface area contributed by atoms with Crippen LogP contribution in [0.5, 0.6) is 0 Å². The summed E-state index contributed by atoms with van der Waals surface area (Å²) < 4.78 is 14.3. The molecule has 5 nitrogen and oxygen atoms in total. The Labute approximate surface area is 145 Å². The monoisotopic (exact) mass is 335 g/mol. The molecule has 6 heteroatoms. The number of aromatic amines is 1. The largest absolute Gasteiger partial charge is 0.380 e. The van der Waals surface area contributed by atoms with Gasteiger partial charge in [0.25, 0.3) is 0 Å². The van der Waals surface area contributed by atoms with Gasteiger partial charge in [-0.2, -0.15) is 10.4 Å². The van der Waals surface area contributed by atoms with Crippen molar-refractivity contribution in [3.63, 3.8) is 0 Å². The number of piperidine rings is 1. The normalized spacial score (nSPS) is 17.4. The van der Waals surface area contributed by atoms with E-state index in [4.69, 9.17) is 5.26 Å². The highest BCUT2D eigenvalue weighted by atomic mass is 19.1. The number of halogens is 1. The molecule has 1 unspecified atom stereocenters. The molecule has 2 aromatic carbocycles. The van der Waals surface area contributed by atoms with Gasteiger partial charge in [0, 0.05) is 30.2 Å². The van der Waals surface area contributed by atoms with Crippen LogP contribution in [0.15, 0.2) is 42.6 Å². The van der Waals surface area contributed by atoms with E-state index in [2.05, 4.69) is 15.5 Å². The number of hydrogen-bond donors (Lipinski definition) is 2. The molecule has 0 radical (unpaired) electrons. The summed E-state index contributed by atoms with van der Waals surface area (Å²) in [6.07, 6.45) is 3.83. The second-order valence-corrected chi connectivity index (χ2v) is 6.38. The molecule has 2 heterocycles. The van der Waals surface area contributed by atoms with Crippen molar-refractivity contribution in [3.05, 3.63) is 54.0 Å². The van der Waals surface area contributed by atoms with Crippen molar-refractivity contribution in [2.24, 2.45) is 0 Å². The van der Waals surface area contributed by atoms with Crippen LogP contribution < -0.4 is 10.2 Å². The number of benzene rings is 2. The van der Waals surface area contributed by atoms with Gasteiger partial charge in [-0.05, 0) is 49.2 Å². The van der Waals surface area contributed by atoms with Gasteiger partial charge in [0.2, 0.25) is 0 Å². The first kappa shape index (κ1) is 15.5. The molecule has 126 valence electrons. The predicted molar refractivity (Wildman–Crippen MR) is 96.1 cm³/mol. The van der Waals surface area contributed by atoms with E-state index in [-0.39, 0.29) is 11.9 Å². The zero-order chi connectivity index (χ0) is 17.2. The minimum absolute atomic E-state index is 0.240. The van der Waals surface area contributed by atoms with Gasteiger partial charge in [0.05, 0.1) is 29.0 Å². The summed E-state index contributed by atoms with van der Waals surface area (Å²) >= 11 is 0. The fraction of sp³-hybridized carbons (Fsp3) is 0.263. The standard InChI is InChI=1S/C19H18FN5/c20-17-8-13(10-21)3-6-19(17)25-7-1-2-16(12-25)23-15-5-4-14-11-22-24-18(14)9-15/h3-6,8-9,11,16,23H,1-2,7,12H2,(H,22,24). The Morgan fingerprint density at radius 2 is 2.20 bits per heavy atom. The van der Waals surface area contributed by atoms with E-state index in [1.165, 1.54) is 6.07 Å². The van der Waals surface area contributed by atoms with Gasteiger partial charge < -0.3 is 10.2 Å². The number of nitrogens with one attached hydrogen (secondary N) is 2. The van der Waals surface area contributed by atoms with Gasteiger partial charge in [-0.3, -0.25) is 5.10 Å². The second kappa shape index (κ2) is 6.44. The fourth-order valence-corrected chi connectivity index (χ4v) is 3.41. The van der Waals surface area contributed by atoms with Crippen LogP contribution in [0.1, 0.15) is 18.4 Å². The van der Waals surface area contributed by atoms with Crippen LogP contribution in [0.25, 0.3) is 10.9 Å². The second-order valence-electron chi connectivity index (χ2n) is 6.38. The van der Waals surface area contributed by atoms with Gasteiger partial charge in [-0.1, -0.05) is 0 Å². The average Bonchev–Trinajstić information content (AvgIpc) is 3.09. The Hall–Kier alpha value is -3.07. The van der Waals surface area contributed by atoms with Crippen molar-refractivity contribution in [3.8, 4) is 6.07 Å². The van der Waals surface area contributed by atoms with E-state index in [1.807, 2.05) is 29.2 Å². The maximum absolute atomic E-state index is 14.3. The van der Waals surface area contributed by atoms with E-state index in [0.29, 0.717) is 11.3 Å². The zero-order valence-corrected chi connectivity index (χ0v) is 13.7. The maximum Gasteiger partial charge on any atom is 0.147 e. The molecule has 0 amide bonds. The van der Waals surface area contributed by atoms with Gasteiger partial charge in [0.1, 0.15) is 5.82 Å². The molecule has 1 aliphatic rings. The molecule has 1 fully saturated rings. The van der Waals surface area contributed by atoms with Crippen LogP contribution in [0, 0.1) is 17.1 Å². The van der Waals surface area contributed by atoms with Gasteiger partial charge >= 0.3 is 0 Å². The van der Waals surface area contributed by atoms with Crippen LogP contribution in [-0.4, -0.2) is 29.3 Å². The third-order valence-corrected chi connectivity index (χ3v) is 4.65. The van der Waals surface area contributed by atoms with E-state index in [0.717, 1.165) is 42.5 Å². The number of H-pyrrole nitrogens is 1. The summed E-state index contributed by atoms with van der Waals surface area (Å²) in [5.41, 5.74) is 2.94. The minimum atomic E-state index is -0.335. The summed E-state index contributed by atoms with van der Waals surface area (Å²) in [7, 11) is 0. The molecule has 0 spiro atoms. The number of nitrogens with zero attached hydrogens (tertiary/aromatic N) is 3. The molecule has 1 aliphatic heterocycles. The Morgan fingerprint density at radius 1 is 1.28 bits per heavy atom. The molecule has 1 saturated heterocycles. The average molecular weight is 335 g/mol. The van der Waals surface area contributed by atoms with Crippen LogP contribution >= 0.6 is 0 Å². The Balaban J connectivity index is 1.50. The first-order chi connectivity index (χ1) is 12.2. The third-order valence-electron chi connectivity index (χ3n) is 4.65. The van der Waals surface area contributed by atoms with Crippen molar-refractivity contribution >= 4 is 22.3 Å². The van der Waals surface area contributed by atoms with E-state index >= 15 is 0 Å². The van der Waals surface area contributed by atoms with Gasteiger partial charge in [0.15, 0.2) is 0 Å². The number of rotatable bonds is 3. The highest BCUT2D eigenvalue weighted by Gasteiger charge is 2.22. The molecule has 25 heavy (non-hydrogen) atoms. The quantitative estimate of drug-likeness (QED) is 0.766. The van der Waals surface area contributed by atoms with Crippen LogP contribution in [0.4, 0.5) is 15.8 Å². The molecule has 1 atom stereocenters. The molecule has 0 saturated carbocycles. The summed E-state index contributed by atoms with van der Waals surface area (Å²) in [5.74, 6) is -0.335. The Morgan fingerprint density at radius 3 is 3.04 bits per heavy atom. The molecule has 0 aliphatic carbocycles. The number of aromatic nitrogens is 2. The van der Waals surface area contributed by atoms with E-state index in [9.17, 15) is 4.39 Å². The predicted octanol–water partition coefficient (Wildman–Crippen LogP) is 3.65. The Kier molecular flexibility index (Phi) is 3.98. The summed E-state index contributed by atoms with van der Waals surface area (Å²) in [4.78, 5) is 2.05. The summed E-state index contributed by atoms with van der Waals surface area (Å²) in [6.45, 7) is 1.55. The first-order valence-electron chi connectivity index (χ1n) is 8.37. The molecule has 2 N–H and O–H groups in total. The lowest BCUT2D eigenvalue weighted by Crippen LogP contribution is -2.42. The van der Waals surface area contributed by atoms with E-state index in [1.54, 1.807) is 18.3 Å². The van der Waals surface area contributed by atoms with Crippen molar-refractivity contribution in [1.82, 2.24) is 10.2 Å². The number of fused-ring (bicyclic) bond motifs is 1. The van der Waals surface area contributed by atoms with Crippen molar-refractivity contribution in [2.75, 3.05) is 23.3 Å². The molecular formula is C19H18FN5. The topological polar surface area (TPSA) is 67.7 Å². The highest BCUT2D eigenvalue weighted by molar-refractivity contribution is 5.81. The van der Waals surface area contributed by atoms with Crippen molar-refractivity contribution in [2.45, 2.75) is 18.9 Å². The minimum Gasteiger partial charge on any atom is -0.380 e. The third kappa shape index (κ3) is 3.13. The lowest BCUT2D eigenvalue weighted by molar-refractivity contribution is 0.519. The SMILES string of the molecule is N#Cc1ccc(N2CCCC(Nc3ccc4cn[nH]c4c3)C2)c(F)c1. The fourth-order valence-electron chi connectivity index (χ4n) is 3.41. The zero-order valence-electron chi connectivity index (χ0n) is 13.7. The Bertz CT molecular complexity index is 942. The maximum atomic E-state index is 14.3. The molecule has 3 aromatic rings.